The Bertz CT molecular complexity index is 1150. The van der Waals surface area contributed by atoms with Gasteiger partial charge in [0, 0.05) is 17.6 Å². The van der Waals surface area contributed by atoms with Crippen LogP contribution in [0.5, 0.6) is 0 Å². The second-order valence-corrected chi connectivity index (χ2v) is 11.3. The summed E-state index contributed by atoms with van der Waals surface area (Å²) >= 11 is 6.36. The van der Waals surface area contributed by atoms with E-state index in [0.29, 0.717) is 22.7 Å². The number of hydrogen-bond acceptors (Lipinski definition) is 4. The Hall–Kier alpha value is -2.58. The van der Waals surface area contributed by atoms with E-state index in [1.54, 1.807) is 37.3 Å². The van der Waals surface area contributed by atoms with Crippen molar-refractivity contribution >= 4 is 39.1 Å². The summed E-state index contributed by atoms with van der Waals surface area (Å²) in [7, 11) is -3.77. The Kier molecular flexibility index (Phi) is 9.19. The van der Waals surface area contributed by atoms with Gasteiger partial charge in [0.15, 0.2) is 0 Å². The van der Waals surface area contributed by atoms with Gasteiger partial charge in [0.25, 0.3) is 0 Å². The molecule has 0 bridgehead atoms. The minimum atomic E-state index is -3.77. The van der Waals surface area contributed by atoms with Crippen LogP contribution in [0.1, 0.15) is 50.7 Å². The summed E-state index contributed by atoms with van der Waals surface area (Å²) < 4.78 is 26.6. The molecule has 7 nitrogen and oxygen atoms in total. The molecule has 9 heteroatoms. The molecule has 0 radical (unpaired) electrons. The molecule has 1 aliphatic carbocycles. The fraction of sp³-hybridized carbons (Fsp3) is 0.462. The molecular formula is C26H34ClN3O4S. The molecule has 190 valence electrons. The lowest BCUT2D eigenvalue weighted by Crippen LogP contribution is -2.52. The Morgan fingerprint density at radius 3 is 2.26 bits per heavy atom. The number of para-hydroxylation sites is 1. The van der Waals surface area contributed by atoms with Crippen molar-refractivity contribution in [3.05, 3.63) is 64.7 Å². The highest BCUT2D eigenvalue weighted by molar-refractivity contribution is 7.92. The van der Waals surface area contributed by atoms with E-state index in [9.17, 15) is 18.0 Å². The largest absolute Gasteiger partial charge is 0.352 e. The van der Waals surface area contributed by atoms with E-state index in [-0.39, 0.29) is 18.5 Å². The normalized spacial score (nSPS) is 15.0. The molecule has 2 amide bonds. The zero-order chi connectivity index (χ0) is 25.6. The number of nitrogens with one attached hydrogen (secondary N) is 1. The first-order valence-electron chi connectivity index (χ1n) is 12.0. The minimum Gasteiger partial charge on any atom is -0.352 e. The van der Waals surface area contributed by atoms with Crippen LogP contribution < -0.4 is 9.62 Å². The monoisotopic (exact) mass is 519 g/mol. The third-order valence-electron chi connectivity index (χ3n) is 6.49. The number of hydrogen-bond donors (Lipinski definition) is 1. The predicted octanol–water partition coefficient (Wildman–Crippen LogP) is 4.14. The number of anilines is 1. The average molecular weight is 520 g/mol. The van der Waals surface area contributed by atoms with Gasteiger partial charge in [-0.05, 0) is 49.4 Å². The lowest BCUT2D eigenvalue weighted by atomic mass is 10.1. The van der Waals surface area contributed by atoms with Gasteiger partial charge in [-0.1, -0.05) is 67.8 Å². The van der Waals surface area contributed by atoms with Gasteiger partial charge < -0.3 is 10.2 Å². The van der Waals surface area contributed by atoms with Gasteiger partial charge in [0.05, 0.1) is 11.9 Å². The van der Waals surface area contributed by atoms with Crippen molar-refractivity contribution in [1.82, 2.24) is 10.2 Å². The highest BCUT2D eigenvalue weighted by atomic mass is 35.5. The Morgan fingerprint density at radius 1 is 1.06 bits per heavy atom. The van der Waals surface area contributed by atoms with E-state index in [1.165, 1.54) is 4.90 Å². The summed E-state index contributed by atoms with van der Waals surface area (Å²) in [4.78, 5) is 28.2. The number of sulfonamides is 1. The van der Waals surface area contributed by atoms with Crippen LogP contribution in [0.3, 0.4) is 0 Å². The van der Waals surface area contributed by atoms with E-state index in [0.717, 1.165) is 41.8 Å². The molecule has 0 spiro atoms. The zero-order valence-electron chi connectivity index (χ0n) is 20.5. The van der Waals surface area contributed by atoms with Gasteiger partial charge in [-0.2, -0.15) is 0 Å². The molecule has 2 aromatic rings. The highest BCUT2D eigenvalue weighted by Gasteiger charge is 2.32. The van der Waals surface area contributed by atoms with Crippen LogP contribution in [0.15, 0.2) is 48.5 Å². The van der Waals surface area contributed by atoms with Crippen LogP contribution in [0.25, 0.3) is 0 Å². The minimum absolute atomic E-state index is 0.0881. The molecule has 35 heavy (non-hydrogen) atoms. The van der Waals surface area contributed by atoms with Crippen molar-refractivity contribution in [3.63, 3.8) is 0 Å². The average Bonchev–Trinajstić information content (AvgIpc) is 3.33. The number of benzene rings is 2. The number of carbonyl (C=O) groups is 2. The molecule has 1 saturated carbocycles. The molecule has 1 fully saturated rings. The second-order valence-electron chi connectivity index (χ2n) is 9.03. The number of carbonyl (C=O) groups excluding carboxylic acids is 2. The predicted molar refractivity (Wildman–Crippen MR) is 140 cm³/mol. The van der Waals surface area contributed by atoms with Crippen LogP contribution >= 0.6 is 11.6 Å². The van der Waals surface area contributed by atoms with E-state index < -0.39 is 28.5 Å². The number of nitrogens with zero attached hydrogens (tertiary/aromatic N) is 2. The topological polar surface area (TPSA) is 86.8 Å². The molecular weight excluding hydrogens is 486 g/mol. The Morgan fingerprint density at radius 2 is 1.66 bits per heavy atom. The molecule has 0 heterocycles. The summed E-state index contributed by atoms with van der Waals surface area (Å²) in [5, 5.41) is 3.53. The molecule has 0 aromatic heterocycles. The van der Waals surface area contributed by atoms with Crippen molar-refractivity contribution in [2.45, 2.75) is 64.6 Å². The second kappa shape index (κ2) is 11.9. The fourth-order valence-corrected chi connectivity index (χ4v) is 5.51. The van der Waals surface area contributed by atoms with Crippen molar-refractivity contribution < 1.29 is 18.0 Å². The Balaban J connectivity index is 1.91. The van der Waals surface area contributed by atoms with Crippen LogP contribution in [-0.4, -0.2) is 50.0 Å². The summed E-state index contributed by atoms with van der Waals surface area (Å²) in [5.74, 6) is -0.729. The Labute approximate surface area is 213 Å². The van der Waals surface area contributed by atoms with Gasteiger partial charge >= 0.3 is 0 Å². The number of amides is 2. The van der Waals surface area contributed by atoms with Crippen molar-refractivity contribution in [3.8, 4) is 0 Å². The zero-order valence-corrected chi connectivity index (χ0v) is 22.1. The van der Waals surface area contributed by atoms with Gasteiger partial charge in [-0.25, -0.2) is 8.42 Å². The van der Waals surface area contributed by atoms with E-state index >= 15 is 0 Å². The van der Waals surface area contributed by atoms with Crippen molar-refractivity contribution in [2.24, 2.45) is 0 Å². The molecule has 1 unspecified atom stereocenters. The van der Waals surface area contributed by atoms with E-state index in [1.807, 2.05) is 25.1 Å². The summed E-state index contributed by atoms with van der Waals surface area (Å²) in [5.41, 5.74) is 1.96. The number of aryl methyl sites for hydroxylation is 1. The highest BCUT2D eigenvalue weighted by Crippen LogP contribution is 2.25. The van der Waals surface area contributed by atoms with Crippen molar-refractivity contribution in [2.75, 3.05) is 17.1 Å². The lowest BCUT2D eigenvalue weighted by Gasteiger charge is -2.32. The number of halogens is 1. The summed E-state index contributed by atoms with van der Waals surface area (Å²) in [6.07, 6.45) is 5.68. The molecule has 1 atom stereocenters. The third-order valence-corrected chi connectivity index (χ3v) is 7.98. The third kappa shape index (κ3) is 6.98. The van der Waals surface area contributed by atoms with Gasteiger partial charge in [-0.15, -0.1) is 0 Å². The summed E-state index contributed by atoms with van der Waals surface area (Å²) in [6, 6.07) is 13.6. The SMILES string of the molecule is CCc1ccccc1N(CC(=O)N(Cc1ccccc1Cl)C(C)C(=O)NC1CCCC1)S(C)(=O)=O. The number of rotatable bonds is 10. The van der Waals surface area contributed by atoms with E-state index in [2.05, 4.69) is 5.32 Å². The van der Waals surface area contributed by atoms with Crippen molar-refractivity contribution in [1.29, 1.82) is 0 Å². The fourth-order valence-electron chi connectivity index (χ4n) is 4.43. The van der Waals surface area contributed by atoms with Crippen LogP contribution in [0.2, 0.25) is 5.02 Å². The maximum absolute atomic E-state index is 13.7. The first-order valence-corrected chi connectivity index (χ1v) is 14.2. The molecule has 1 N–H and O–H groups in total. The van der Waals surface area contributed by atoms with Crippen LogP contribution in [0.4, 0.5) is 5.69 Å². The first kappa shape index (κ1) is 27.0. The van der Waals surface area contributed by atoms with Gasteiger partial charge in [0.2, 0.25) is 21.8 Å². The lowest BCUT2D eigenvalue weighted by molar-refractivity contribution is -0.139. The van der Waals surface area contributed by atoms with E-state index in [4.69, 9.17) is 11.6 Å². The maximum Gasteiger partial charge on any atom is 0.244 e. The molecule has 2 aromatic carbocycles. The smallest absolute Gasteiger partial charge is 0.244 e. The molecule has 1 aliphatic rings. The molecule has 0 aliphatic heterocycles. The standard InChI is InChI=1S/C26H34ClN3O4S/c1-4-20-11-6-10-16-24(20)30(35(3,33)34)18-25(31)29(17-21-12-5-9-15-23(21)27)19(2)26(32)28-22-13-7-8-14-22/h5-6,9-12,15-16,19,22H,4,7-8,13-14,17-18H2,1-3H3,(H,28,32). The maximum atomic E-state index is 13.7. The quantitative estimate of drug-likeness (QED) is 0.511. The molecule has 3 rings (SSSR count). The summed E-state index contributed by atoms with van der Waals surface area (Å²) in [6.45, 7) is 3.27. The first-order chi connectivity index (χ1) is 16.6. The van der Waals surface area contributed by atoms with Gasteiger partial charge in [0.1, 0.15) is 12.6 Å². The van der Waals surface area contributed by atoms with Gasteiger partial charge in [-0.3, -0.25) is 13.9 Å². The van der Waals surface area contributed by atoms with Crippen LogP contribution in [-0.2, 0) is 32.6 Å². The molecule has 0 saturated heterocycles. The van der Waals surface area contributed by atoms with Crippen LogP contribution in [0, 0.1) is 0 Å².